The molecule has 2 unspecified atom stereocenters. The summed E-state index contributed by atoms with van der Waals surface area (Å²) in [5, 5.41) is 14.0. The zero-order valence-electron chi connectivity index (χ0n) is 18.5. The molecule has 0 saturated carbocycles. The molecule has 34 heavy (non-hydrogen) atoms. The number of nitro groups is 1. The molecule has 0 spiro atoms. The first-order chi connectivity index (χ1) is 16.1. The highest BCUT2D eigenvalue weighted by molar-refractivity contribution is 7.89. The van der Waals surface area contributed by atoms with Crippen molar-refractivity contribution in [1.29, 1.82) is 0 Å². The molecule has 3 aromatic rings. The number of hydrogen-bond acceptors (Lipinski definition) is 9. The molecule has 180 valence electrons. The average molecular weight is 507 g/mol. The number of rotatable bonds is 6. The lowest BCUT2D eigenvalue weighted by Gasteiger charge is -2.34. The van der Waals surface area contributed by atoms with Crippen LogP contribution < -0.4 is 10.1 Å². The highest BCUT2D eigenvalue weighted by Gasteiger charge is 2.32. The van der Waals surface area contributed by atoms with E-state index in [2.05, 4.69) is 10.3 Å². The Morgan fingerprint density at radius 1 is 1.24 bits per heavy atom. The van der Waals surface area contributed by atoms with Crippen molar-refractivity contribution < 1.29 is 27.6 Å². The van der Waals surface area contributed by atoms with Gasteiger partial charge in [0.1, 0.15) is 5.52 Å². The van der Waals surface area contributed by atoms with E-state index in [0.29, 0.717) is 10.2 Å². The standard InChI is InChI=1S/C21H22N4O7S2/c1-12-10-24(11-13(2)32-12)34(29,30)16-6-4-14(5-7-16)20(26)23-21-22-19-17(31-3)8-15(25(27)28)9-18(19)33-21/h4-9,12-13H,10-11H2,1-3H3,(H,22,23,26). The third kappa shape index (κ3) is 4.73. The van der Waals surface area contributed by atoms with Crippen molar-refractivity contribution >= 4 is 48.3 Å². The Morgan fingerprint density at radius 3 is 2.47 bits per heavy atom. The number of nitro benzene ring substituents is 1. The third-order valence-corrected chi connectivity index (χ3v) is 8.00. The van der Waals surface area contributed by atoms with Gasteiger partial charge in [-0.25, -0.2) is 13.4 Å². The summed E-state index contributed by atoms with van der Waals surface area (Å²) < 4.78 is 38.6. The number of thiazole rings is 1. The van der Waals surface area contributed by atoms with Gasteiger partial charge in [-0.2, -0.15) is 4.31 Å². The highest BCUT2D eigenvalue weighted by atomic mass is 32.2. The number of carbonyl (C=O) groups excluding carboxylic acids is 1. The minimum absolute atomic E-state index is 0.0855. The van der Waals surface area contributed by atoms with E-state index in [9.17, 15) is 23.3 Å². The minimum Gasteiger partial charge on any atom is -0.494 e. The van der Waals surface area contributed by atoms with E-state index >= 15 is 0 Å². The molecule has 1 aliphatic heterocycles. The van der Waals surface area contributed by atoms with Crippen molar-refractivity contribution in [2.24, 2.45) is 0 Å². The van der Waals surface area contributed by atoms with Gasteiger partial charge in [-0.15, -0.1) is 0 Å². The van der Waals surface area contributed by atoms with Crippen molar-refractivity contribution in [2.75, 3.05) is 25.5 Å². The molecule has 13 heteroatoms. The van der Waals surface area contributed by atoms with Crippen LogP contribution in [0.25, 0.3) is 10.2 Å². The number of benzene rings is 2. The lowest BCUT2D eigenvalue weighted by Crippen LogP contribution is -2.48. The molecule has 1 saturated heterocycles. The molecule has 2 aromatic carbocycles. The molecular weight excluding hydrogens is 484 g/mol. The zero-order valence-corrected chi connectivity index (χ0v) is 20.2. The number of fused-ring (bicyclic) bond motifs is 1. The van der Waals surface area contributed by atoms with Crippen LogP contribution in [0.3, 0.4) is 0 Å². The number of ether oxygens (including phenoxy) is 2. The maximum Gasteiger partial charge on any atom is 0.274 e. The summed E-state index contributed by atoms with van der Waals surface area (Å²) in [6, 6.07) is 8.25. The van der Waals surface area contributed by atoms with E-state index in [1.807, 2.05) is 13.8 Å². The topological polar surface area (TPSA) is 141 Å². The number of methoxy groups -OCH3 is 1. The Hall–Kier alpha value is -3.13. The van der Waals surface area contributed by atoms with Gasteiger partial charge in [-0.3, -0.25) is 20.2 Å². The van der Waals surface area contributed by atoms with Gasteiger partial charge < -0.3 is 9.47 Å². The van der Waals surface area contributed by atoms with Crippen LogP contribution in [0.2, 0.25) is 0 Å². The Labute approximate surface area is 199 Å². The van der Waals surface area contributed by atoms with Gasteiger partial charge in [0.25, 0.3) is 11.6 Å². The number of hydrogen-bond donors (Lipinski definition) is 1. The summed E-state index contributed by atoms with van der Waals surface area (Å²) in [5.74, 6) is -0.271. The van der Waals surface area contributed by atoms with Gasteiger partial charge in [0.2, 0.25) is 10.0 Å². The fraction of sp³-hybridized carbons (Fsp3) is 0.333. The van der Waals surface area contributed by atoms with Crippen LogP contribution in [-0.4, -0.2) is 60.9 Å². The number of nitrogens with one attached hydrogen (secondary N) is 1. The molecule has 1 amide bonds. The first-order valence-corrected chi connectivity index (χ1v) is 12.5. The van der Waals surface area contributed by atoms with Gasteiger partial charge in [0.05, 0.1) is 39.9 Å². The lowest BCUT2D eigenvalue weighted by molar-refractivity contribution is -0.384. The third-order valence-electron chi connectivity index (χ3n) is 5.24. The molecule has 1 fully saturated rings. The fourth-order valence-electron chi connectivity index (χ4n) is 3.72. The van der Waals surface area contributed by atoms with E-state index in [-0.39, 0.29) is 52.3 Å². The van der Waals surface area contributed by atoms with E-state index in [1.54, 1.807) is 0 Å². The van der Waals surface area contributed by atoms with Crippen molar-refractivity contribution in [3.63, 3.8) is 0 Å². The minimum atomic E-state index is -3.72. The van der Waals surface area contributed by atoms with Crippen molar-refractivity contribution in [1.82, 2.24) is 9.29 Å². The molecule has 2 atom stereocenters. The number of amides is 1. The predicted molar refractivity (Wildman–Crippen MR) is 126 cm³/mol. The molecule has 1 aliphatic rings. The monoisotopic (exact) mass is 506 g/mol. The first-order valence-electron chi connectivity index (χ1n) is 10.3. The van der Waals surface area contributed by atoms with Crippen LogP contribution in [0.1, 0.15) is 24.2 Å². The van der Waals surface area contributed by atoms with Gasteiger partial charge >= 0.3 is 0 Å². The van der Waals surface area contributed by atoms with Crippen LogP contribution >= 0.6 is 11.3 Å². The molecular formula is C21H22N4O7S2. The van der Waals surface area contributed by atoms with E-state index in [1.165, 1.54) is 47.8 Å². The summed E-state index contributed by atoms with van der Waals surface area (Å²) >= 11 is 1.07. The highest BCUT2D eigenvalue weighted by Crippen LogP contribution is 2.36. The summed E-state index contributed by atoms with van der Waals surface area (Å²) in [5.41, 5.74) is 0.482. The molecule has 2 heterocycles. The average Bonchev–Trinajstić information content (AvgIpc) is 3.20. The zero-order chi connectivity index (χ0) is 24.6. The molecule has 11 nitrogen and oxygen atoms in total. The SMILES string of the molecule is COc1cc([N+](=O)[O-])cc2sc(NC(=O)c3ccc(S(=O)(=O)N4CC(C)OC(C)C4)cc3)nc12. The van der Waals surface area contributed by atoms with E-state index in [0.717, 1.165) is 11.3 Å². The number of nitrogens with zero attached hydrogens (tertiary/aromatic N) is 3. The molecule has 0 radical (unpaired) electrons. The summed E-state index contributed by atoms with van der Waals surface area (Å²) in [6.07, 6.45) is -0.421. The molecule has 1 N–H and O–H groups in total. The summed E-state index contributed by atoms with van der Waals surface area (Å²) in [6.45, 7) is 4.16. The Balaban J connectivity index is 1.53. The number of aromatic nitrogens is 1. The number of non-ortho nitro benzene ring substituents is 1. The maximum absolute atomic E-state index is 13.0. The largest absolute Gasteiger partial charge is 0.494 e. The van der Waals surface area contributed by atoms with E-state index < -0.39 is 20.9 Å². The van der Waals surface area contributed by atoms with Crippen LogP contribution in [0, 0.1) is 10.1 Å². The number of morpholine rings is 1. The molecule has 0 aliphatic carbocycles. The molecule has 4 rings (SSSR count). The van der Waals surface area contributed by atoms with E-state index in [4.69, 9.17) is 9.47 Å². The fourth-order valence-corrected chi connectivity index (χ4v) is 6.23. The van der Waals surface area contributed by atoms with Crippen LogP contribution in [-0.2, 0) is 14.8 Å². The van der Waals surface area contributed by atoms with Crippen molar-refractivity contribution in [3.05, 3.63) is 52.1 Å². The predicted octanol–water partition coefficient (Wildman–Crippen LogP) is 3.26. The van der Waals surface area contributed by atoms with Gasteiger partial charge in [-0.1, -0.05) is 11.3 Å². The van der Waals surface area contributed by atoms with Crippen LogP contribution in [0.15, 0.2) is 41.3 Å². The van der Waals surface area contributed by atoms with Gasteiger partial charge in [0.15, 0.2) is 10.9 Å². The summed E-state index contributed by atoms with van der Waals surface area (Å²) in [7, 11) is -2.34. The van der Waals surface area contributed by atoms with Crippen molar-refractivity contribution in [3.8, 4) is 5.75 Å². The van der Waals surface area contributed by atoms with Crippen LogP contribution in [0.4, 0.5) is 10.8 Å². The van der Waals surface area contributed by atoms with Crippen molar-refractivity contribution in [2.45, 2.75) is 31.0 Å². The number of sulfonamides is 1. The Kier molecular flexibility index (Phi) is 6.53. The normalized spacial score (nSPS) is 19.1. The lowest BCUT2D eigenvalue weighted by atomic mass is 10.2. The number of anilines is 1. The Bertz CT molecular complexity index is 1350. The summed E-state index contributed by atoms with van der Waals surface area (Å²) in [4.78, 5) is 27.7. The smallest absolute Gasteiger partial charge is 0.274 e. The second-order valence-electron chi connectivity index (χ2n) is 7.83. The molecule has 0 bridgehead atoms. The molecule has 1 aromatic heterocycles. The quantitative estimate of drug-likeness (QED) is 0.397. The second-order valence-corrected chi connectivity index (χ2v) is 10.8. The second kappa shape index (κ2) is 9.25. The van der Waals surface area contributed by atoms with Gasteiger partial charge in [-0.05, 0) is 38.1 Å². The van der Waals surface area contributed by atoms with Gasteiger partial charge in [0, 0.05) is 24.7 Å². The maximum atomic E-state index is 13.0. The first kappa shape index (κ1) is 24.0. The Morgan fingerprint density at radius 2 is 1.88 bits per heavy atom. The number of carbonyl (C=O) groups is 1. The van der Waals surface area contributed by atoms with Crippen LogP contribution in [0.5, 0.6) is 5.75 Å².